The molecule has 0 aliphatic heterocycles. The smallest absolute Gasteiger partial charge is 0.335 e. The molecule has 1 saturated carbocycles. The summed E-state index contributed by atoms with van der Waals surface area (Å²) in [5.74, 6) is -0.0918. The van der Waals surface area contributed by atoms with Crippen LogP contribution in [0.1, 0.15) is 55.1 Å². The molecular formula is C15H22N2O3. The topological polar surface area (TPSA) is 73.7 Å². The normalized spacial score (nSPS) is 15.2. The second-order valence-electron chi connectivity index (χ2n) is 5.60. The minimum atomic E-state index is -0.937. The number of pyridine rings is 1. The molecule has 1 heterocycles. The lowest BCUT2D eigenvalue weighted by Gasteiger charge is -2.38. The molecule has 0 radical (unpaired) electrons. The number of hydrogen-bond donors (Lipinski definition) is 2. The van der Waals surface area contributed by atoms with Crippen LogP contribution in [0.25, 0.3) is 0 Å². The van der Waals surface area contributed by atoms with Crippen molar-refractivity contribution in [3.63, 3.8) is 0 Å². The molecule has 0 saturated heterocycles. The Kier molecular flexibility index (Phi) is 4.60. The number of nitrogens with zero attached hydrogens (tertiary/aromatic N) is 2. The number of carbonyl (C=O) groups is 1. The average Bonchev–Trinajstić information content (AvgIpc) is 2.35. The Morgan fingerprint density at radius 3 is 2.60 bits per heavy atom. The van der Waals surface area contributed by atoms with E-state index < -0.39 is 5.97 Å². The quantitative estimate of drug-likeness (QED) is 0.835. The fourth-order valence-electron chi connectivity index (χ4n) is 2.39. The number of aromatic nitrogens is 1. The SMILES string of the molecule is CC(C)c1cc(C(=O)O)cc(N(CCO)C2CCC2)n1. The van der Waals surface area contributed by atoms with E-state index in [1.165, 1.54) is 6.42 Å². The second-order valence-corrected chi connectivity index (χ2v) is 5.60. The Morgan fingerprint density at radius 2 is 2.15 bits per heavy atom. The van der Waals surface area contributed by atoms with E-state index in [-0.39, 0.29) is 18.1 Å². The largest absolute Gasteiger partial charge is 0.478 e. The van der Waals surface area contributed by atoms with Gasteiger partial charge < -0.3 is 15.1 Å². The first kappa shape index (κ1) is 14.8. The van der Waals surface area contributed by atoms with Crippen LogP contribution < -0.4 is 4.90 Å². The van der Waals surface area contributed by atoms with E-state index in [1.54, 1.807) is 12.1 Å². The molecule has 0 spiro atoms. The Labute approximate surface area is 119 Å². The third-order valence-corrected chi connectivity index (χ3v) is 3.82. The molecule has 1 aromatic rings. The Bertz CT molecular complexity index is 484. The minimum Gasteiger partial charge on any atom is -0.478 e. The van der Waals surface area contributed by atoms with Crippen molar-refractivity contribution in [3.05, 3.63) is 23.4 Å². The van der Waals surface area contributed by atoms with Gasteiger partial charge in [0.25, 0.3) is 0 Å². The van der Waals surface area contributed by atoms with Gasteiger partial charge in [0.15, 0.2) is 0 Å². The zero-order valence-corrected chi connectivity index (χ0v) is 12.0. The maximum atomic E-state index is 11.3. The molecular weight excluding hydrogens is 256 g/mol. The van der Waals surface area contributed by atoms with Gasteiger partial charge in [0.05, 0.1) is 12.2 Å². The minimum absolute atomic E-state index is 0.0481. The molecule has 5 heteroatoms. The van der Waals surface area contributed by atoms with Gasteiger partial charge in [0.2, 0.25) is 0 Å². The lowest BCUT2D eigenvalue weighted by Crippen LogP contribution is -2.42. The number of aliphatic hydroxyl groups is 1. The molecule has 0 amide bonds. The first-order valence-corrected chi connectivity index (χ1v) is 7.15. The summed E-state index contributed by atoms with van der Waals surface area (Å²) in [5.41, 5.74) is 1.04. The average molecular weight is 278 g/mol. The van der Waals surface area contributed by atoms with Crippen molar-refractivity contribution in [1.82, 2.24) is 4.98 Å². The molecule has 2 N–H and O–H groups in total. The first-order chi connectivity index (χ1) is 9.52. The van der Waals surface area contributed by atoms with Crippen LogP contribution in [0.15, 0.2) is 12.1 Å². The van der Waals surface area contributed by atoms with Crippen LogP contribution in [0.4, 0.5) is 5.82 Å². The highest BCUT2D eigenvalue weighted by Gasteiger charge is 2.26. The number of hydrogen-bond acceptors (Lipinski definition) is 4. The van der Waals surface area contributed by atoms with Crippen LogP contribution in [0.2, 0.25) is 0 Å². The van der Waals surface area contributed by atoms with E-state index >= 15 is 0 Å². The van der Waals surface area contributed by atoms with Gasteiger partial charge in [-0.1, -0.05) is 13.8 Å². The van der Waals surface area contributed by atoms with Gasteiger partial charge >= 0.3 is 5.97 Å². The summed E-state index contributed by atoms with van der Waals surface area (Å²) < 4.78 is 0. The van der Waals surface area contributed by atoms with Crippen molar-refractivity contribution < 1.29 is 15.0 Å². The summed E-state index contributed by atoms with van der Waals surface area (Å²) in [6.07, 6.45) is 3.34. The summed E-state index contributed by atoms with van der Waals surface area (Å²) in [4.78, 5) is 17.9. The van der Waals surface area contributed by atoms with Crippen LogP contribution in [0.5, 0.6) is 0 Å². The van der Waals surface area contributed by atoms with Crippen LogP contribution in [-0.4, -0.2) is 40.4 Å². The van der Waals surface area contributed by atoms with E-state index in [4.69, 9.17) is 0 Å². The number of carboxylic acids is 1. The molecule has 110 valence electrons. The van der Waals surface area contributed by atoms with E-state index in [1.807, 2.05) is 18.7 Å². The fourth-order valence-corrected chi connectivity index (χ4v) is 2.39. The van der Waals surface area contributed by atoms with E-state index in [0.717, 1.165) is 18.5 Å². The lowest BCUT2D eigenvalue weighted by molar-refractivity contribution is 0.0696. The highest BCUT2D eigenvalue weighted by atomic mass is 16.4. The van der Waals surface area contributed by atoms with Gasteiger partial charge in [0.1, 0.15) is 5.82 Å². The molecule has 1 aliphatic carbocycles. The summed E-state index contributed by atoms with van der Waals surface area (Å²) >= 11 is 0. The Balaban J connectivity index is 2.38. The molecule has 0 aromatic carbocycles. The molecule has 1 fully saturated rings. The van der Waals surface area contributed by atoms with Crippen molar-refractivity contribution >= 4 is 11.8 Å². The summed E-state index contributed by atoms with van der Waals surface area (Å²) in [6, 6.07) is 3.62. The summed E-state index contributed by atoms with van der Waals surface area (Å²) in [6.45, 7) is 4.54. The Hall–Kier alpha value is -1.62. The van der Waals surface area contributed by atoms with Gasteiger partial charge in [-0.25, -0.2) is 9.78 Å². The molecule has 5 nitrogen and oxygen atoms in total. The highest BCUT2D eigenvalue weighted by Crippen LogP contribution is 2.30. The second kappa shape index (κ2) is 6.22. The number of anilines is 1. The van der Waals surface area contributed by atoms with Crippen molar-refractivity contribution in [3.8, 4) is 0 Å². The predicted molar refractivity (Wildman–Crippen MR) is 77.4 cm³/mol. The third-order valence-electron chi connectivity index (χ3n) is 3.82. The molecule has 2 rings (SSSR count). The van der Waals surface area contributed by atoms with Gasteiger partial charge in [-0.05, 0) is 37.3 Å². The van der Waals surface area contributed by atoms with Crippen molar-refractivity contribution in [2.45, 2.75) is 45.1 Å². The van der Waals surface area contributed by atoms with Gasteiger partial charge in [-0.3, -0.25) is 0 Å². The molecule has 0 unspecified atom stereocenters. The zero-order chi connectivity index (χ0) is 14.7. The molecule has 0 bridgehead atoms. The van der Waals surface area contributed by atoms with Crippen molar-refractivity contribution in [1.29, 1.82) is 0 Å². The Morgan fingerprint density at radius 1 is 1.45 bits per heavy atom. The molecule has 1 aliphatic rings. The standard InChI is InChI=1S/C15H22N2O3/c1-10(2)13-8-11(15(19)20)9-14(16-13)17(6-7-18)12-4-3-5-12/h8-10,12,18H,3-7H2,1-2H3,(H,19,20). The van der Waals surface area contributed by atoms with Crippen molar-refractivity contribution in [2.24, 2.45) is 0 Å². The summed E-state index contributed by atoms with van der Waals surface area (Å²) in [7, 11) is 0. The molecule has 1 aromatic heterocycles. The zero-order valence-electron chi connectivity index (χ0n) is 12.0. The van der Waals surface area contributed by atoms with E-state index in [0.29, 0.717) is 18.4 Å². The van der Waals surface area contributed by atoms with Crippen LogP contribution in [0.3, 0.4) is 0 Å². The lowest BCUT2D eigenvalue weighted by atomic mass is 9.91. The van der Waals surface area contributed by atoms with Gasteiger partial charge in [0, 0.05) is 18.3 Å². The van der Waals surface area contributed by atoms with E-state index in [9.17, 15) is 15.0 Å². The monoisotopic (exact) mass is 278 g/mol. The van der Waals surface area contributed by atoms with Crippen LogP contribution >= 0.6 is 0 Å². The fraction of sp³-hybridized carbons (Fsp3) is 0.600. The maximum Gasteiger partial charge on any atom is 0.335 e. The van der Waals surface area contributed by atoms with Crippen LogP contribution in [-0.2, 0) is 0 Å². The van der Waals surface area contributed by atoms with Crippen molar-refractivity contribution in [2.75, 3.05) is 18.1 Å². The highest BCUT2D eigenvalue weighted by molar-refractivity contribution is 5.88. The van der Waals surface area contributed by atoms with Crippen LogP contribution in [0, 0.1) is 0 Å². The maximum absolute atomic E-state index is 11.3. The number of aliphatic hydroxyl groups excluding tert-OH is 1. The van der Waals surface area contributed by atoms with Gasteiger partial charge in [-0.15, -0.1) is 0 Å². The first-order valence-electron chi connectivity index (χ1n) is 7.15. The van der Waals surface area contributed by atoms with Gasteiger partial charge in [-0.2, -0.15) is 0 Å². The third kappa shape index (κ3) is 3.10. The summed E-state index contributed by atoms with van der Waals surface area (Å²) in [5, 5.41) is 18.5. The molecule has 0 atom stereocenters. The van der Waals surface area contributed by atoms with E-state index in [2.05, 4.69) is 4.98 Å². The number of rotatable bonds is 6. The number of aromatic carboxylic acids is 1. The molecule has 20 heavy (non-hydrogen) atoms. The number of carboxylic acid groups (broad SMARTS) is 1. The predicted octanol–water partition coefficient (Wildman–Crippen LogP) is 2.25.